The molecule has 0 aromatic heterocycles. The van der Waals surface area contributed by atoms with Gasteiger partial charge in [0.25, 0.3) is 0 Å². The van der Waals surface area contributed by atoms with Gasteiger partial charge in [0.2, 0.25) is 0 Å². The third kappa shape index (κ3) is 2.36. The fourth-order valence-electron chi connectivity index (χ4n) is 1.48. The van der Waals surface area contributed by atoms with Gasteiger partial charge in [-0.25, -0.2) is 0 Å². The van der Waals surface area contributed by atoms with E-state index in [1.807, 2.05) is 30.3 Å². The summed E-state index contributed by atoms with van der Waals surface area (Å²) in [4.78, 5) is 1.02. The zero-order valence-electron chi connectivity index (χ0n) is 8.37. The van der Waals surface area contributed by atoms with Crippen LogP contribution >= 0.6 is 24.2 Å². The van der Waals surface area contributed by atoms with E-state index >= 15 is 0 Å². The molecule has 0 spiro atoms. The van der Waals surface area contributed by atoms with Crippen LogP contribution in [0, 0.1) is 6.92 Å². The Kier molecular flexibility index (Phi) is 3.03. The number of aryl methyl sites for hydroxylation is 1. The van der Waals surface area contributed by atoms with Crippen molar-refractivity contribution in [2.75, 3.05) is 0 Å². The fourth-order valence-corrected chi connectivity index (χ4v) is 1.74. The summed E-state index contributed by atoms with van der Waals surface area (Å²) in [6.45, 7) is 2.06. The highest BCUT2D eigenvalue weighted by Gasteiger charge is 1.99. The molecule has 2 heteroatoms. The summed E-state index contributed by atoms with van der Waals surface area (Å²) in [6, 6.07) is 14.1. The molecule has 0 fully saturated rings. The number of benzene rings is 2. The van der Waals surface area contributed by atoms with Crippen molar-refractivity contribution in [1.82, 2.24) is 0 Å². The predicted molar refractivity (Wildman–Crippen MR) is 68.9 cm³/mol. The summed E-state index contributed by atoms with van der Waals surface area (Å²) in [5.41, 5.74) is 3.56. The minimum absolute atomic E-state index is 0.765. The van der Waals surface area contributed by atoms with E-state index in [4.69, 9.17) is 11.6 Å². The number of halogens is 1. The molecule has 0 aliphatic heterocycles. The van der Waals surface area contributed by atoms with Gasteiger partial charge in [0.15, 0.2) is 0 Å². The molecule has 2 aromatic carbocycles. The van der Waals surface area contributed by atoms with Crippen molar-refractivity contribution in [2.45, 2.75) is 11.8 Å². The molecule has 0 unspecified atom stereocenters. The Labute approximate surface area is 100 Å². The quantitative estimate of drug-likeness (QED) is 0.685. The summed E-state index contributed by atoms with van der Waals surface area (Å²) in [7, 11) is 0. The molecule has 0 saturated heterocycles. The van der Waals surface area contributed by atoms with Crippen LogP contribution < -0.4 is 0 Å². The Morgan fingerprint density at radius 1 is 0.933 bits per heavy atom. The molecule has 0 bridgehead atoms. The van der Waals surface area contributed by atoms with Gasteiger partial charge in [-0.05, 0) is 41.8 Å². The molecule has 0 nitrogen and oxygen atoms in total. The molecule has 0 N–H and O–H groups in total. The van der Waals surface area contributed by atoms with Gasteiger partial charge in [0.1, 0.15) is 0 Å². The topological polar surface area (TPSA) is 0 Å². The lowest BCUT2D eigenvalue weighted by Crippen LogP contribution is -1.81. The van der Waals surface area contributed by atoms with E-state index in [1.165, 1.54) is 16.7 Å². The third-order valence-corrected chi connectivity index (χ3v) is 3.13. The molecule has 0 amide bonds. The molecule has 0 aliphatic carbocycles. The summed E-state index contributed by atoms with van der Waals surface area (Å²) >= 11 is 10.2. The molecule has 0 radical (unpaired) electrons. The molecule has 0 aliphatic rings. The molecule has 2 rings (SSSR count). The first-order valence-electron chi connectivity index (χ1n) is 4.72. The minimum Gasteiger partial charge on any atom is -0.143 e. The molecule has 15 heavy (non-hydrogen) atoms. The van der Waals surface area contributed by atoms with E-state index in [2.05, 4.69) is 31.7 Å². The molecular weight excluding hydrogens is 224 g/mol. The smallest absolute Gasteiger partial charge is 0.0406 e. The van der Waals surface area contributed by atoms with Gasteiger partial charge >= 0.3 is 0 Å². The maximum atomic E-state index is 5.84. The van der Waals surface area contributed by atoms with Gasteiger partial charge in [-0.2, -0.15) is 0 Å². The van der Waals surface area contributed by atoms with E-state index in [1.54, 1.807) is 0 Å². The minimum atomic E-state index is 0.765. The van der Waals surface area contributed by atoms with Crippen LogP contribution in [0.5, 0.6) is 0 Å². The molecular formula is C13H11ClS. The first-order valence-corrected chi connectivity index (χ1v) is 5.55. The highest BCUT2D eigenvalue weighted by molar-refractivity contribution is 7.80. The first kappa shape index (κ1) is 10.6. The Morgan fingerprint density at radius 3 is 2.13 bits per heavy atom. The Morgan fingerprint density at radius 2 is 1.53 bits per heavy atom. The SMILES string of the molecule is Cc1cc(-c2ccc(Cl)cc2)ccc1S. The van der Waals surface area contributed by atoms with Crippen molar-refractivity contribution in [3.05, 3.63) is 53.1 Å². The van der Waals surface area contributed by atoms with Crippen LogP contribution in [-0.4, -0.2) is 0 Å². The van der Waals surface area contributed by atoms with Crippen molar-refractivity contribution in [2.24, 2.45) is 0 Å². The van der Waals surface area contributed by atoms with Crippen molar-refractivity contribution in [3.63, 3.8) is 0 Å². The van der Waals surface area contributed by atoms with E-state index in [9.17, 15) is 0 Å². The highest BCUT2D eigenvalue weighted by atomic mass is 35.5. The molecule has 0 heterocycles. The van der Waals surface area contributed by atoms with Crippen LogP contribution in [-0.2, 0) is 0 Å². The standard InChI is InChI=1S/C13H11ClS/c1-9-8-11(4-7-13(9)15)10-2-5-12(14)6-3-10/h2-8,15H,1H3. The van der Waals surface area contributed by atoms with E-state index in [0.29, 0.717) is 0 Å². The number of thiol groups is 1. The monoisotopic (exact) mass is 234 g/mol. The fraction of sp³-hybridized carbons (Fsp3) is 0.0769. The average molecular weight is 235 g/mol. The largest absolute Gasteiger partial charge is 0.143 e. The summed E-state index contributed by atoms with van der Waals surface area (Å²) in [6.07, 6.45) is 0. The average Bonchev–Trinajstić information content (AvgIpc) is 2.23. The molecule has 76 valence electrons. The third-order valence-electron chi connectivity index (χ3n) is 2.37. The van der Waals surface area contributed by atoms with Gasteiger partial charge in [0, 0.05) is 9.92 Å². The van der Waals surface area contributed by atoms with Crippen LogP contribution in [0.1, 0.15) is 5.56 Å². The summed E-state index contributed by atoms with van der Waals surface area (Å²) in [5.74, 6) is 0. The van der Waals surface area contributed by atoms with Crippen LogP contribution in [0.15, 0.2) is 47.4 Å². The number of rotatable bonds is 1. The molecule has 0 saturated carbocycles. The van der Waals surface area contributed by atoms with Crippen molar-refractivity contribution < 1.29 is 0 Å². The summed E-state index contributed by atoms with van der Waals surface area (Å²) in [5, 5.41) is 0.765. The maximum Gasteiger partial charge on any atom is 0.0406 e. The second kappa shape index (κ2) is 4.30. The van der Waals surface area contributed by atoms with Crippen molar-refractivity contribution >= 4 is 24.2 Å². The second-order valence-corrected chi connectivity index (χ2v) is 4.43. The van der Waals surface area contributed by atoms with Gasteiger partial charge < -0.3 is 0 Å². The van der Waals surface area contributed by atoms with Crippen LogP contribution in [0.4, 0.5) is 0 Å². The lowest BCUT2D eigenvalue weighted by molar-refractivity contribution is 1.31. The van der Waals surface area contributed by atoms with E-state index in [0.717, 1.165) is 9.92 Å². The Bertz CT molecular complexity index is 474. The van der Waals surface area contributed by atoms with Crippen molar-refractivity contribution in [3.8, 4) is 11.1 Å². The summed E-state index contributed by atoms with van der Waals surface area (Å²) < 4.78 is 0. The predicted octanol–water partition coefficient (Wildman–Crippen LogP) is 4.60. The van der Waals surface area contributed by atoms with E-state index in [-0.39, 0.29) is 0 Å². The lowest BCUT2D eigenvalue weighted by atomic mass is 10.0. The molecule has 2 aromatic rings. The van der Waals surface area contributed by atoms with Crippen LogP contribution in [0.3, 0.4) is 0 Å². The van der Waals surface area contributed by atoms with Crippen LogP contribution in [0.25, 0.3) is 11.1 Å². The number of hydrogen-bond acceptors (Lipinski definition) is 1. The Balaban J connectivity index is 2.45. The zero-order valence-corrected chi connectivity index (χ0v) is 10.0. The number of hydrogen-bond donors (Lipinski definition) is 1. The maximum absolute atomic E-state index is 5.84. The van der Waals surface area contributed by atoms with Gasteiger partial charge in [-0.3, -0.25) is 0 Å². The normalized spacial score (nSPS) is 10.3. The van der Waals surface area contributed by atoms with Gasteiger partial charge in [0.05, 0.1) is 0 Å². The zero-order chi connectivity index (χ0) is 10.8. The van der Waals surface area contributed by atoms with Gasteiger partial charge in [-0.1, -0.05) is 35.9 Å². The Hall–Kier alpha value is -0.920. The first-order chi connectivity index (χ1) is 7.16. The van der Waals surface area contributed by atoms with Crippen molar-refractivity contribution in [1.29, 1.82) is 0 Å². The van der Waals surface area contributed by atoms with Gasteiger partial charge in [-0.15, -0.1) is 12.6 Å². The molecule has 0 atom stereocenters. The second-order valence-electron chi connectivity index (χ2n) is 3.51. The van der Waals surface area contributed by atoms with E-state index < -0.39 is 0 Å². The lowest BCUT2D eigenvalue weighted by Gasteiger charge is -2.05. The highest BCUT2D eigenvalue weighted by Crippen LogP contribution is 2.24. The van der Waals surface area contributed by atoms with Crippen LogP contribution in [0.2, 0.25) is 5.02 Å².